The van der Waals surface area contributed by atoms with E-state index in [1.54, 1.807) is 0 Å². The van der Waals surface area contributed by atoms with Crippen LogP contribution in [0.15, 0.2) is 91.1 Å². The fourth-order valence-electron chi connectivity index (χ4n) is 12.6. The molecule has 7 fully saturated rings. The third-order valence-electron chi connectivity index (χ3n) is 14.4. The molecule has 4 saturated carbocycles. The Morgan fingerprint density at radius 1 is 0.837 bits per heavy atom. The second-order valence-corrected chi connectivity index (χ2v) is 17.0. The van der Waals surface area contributed by atoms with Crippen LogP contribution in [0.4, 0.5) is 0 Å². The Bertz CT molecular complexity index is 1990. The van der Waals surface area contributed by atoms with E-state index in [1.165, 1.54) is 59.2 Å². The fourth-order valence-corrected chi connectivity index (χ4v) is 12.6. The van der Waals surface area contributed by atoms with Crippen molar-refractivity contribution in [3.8, 4) is 0 Å². The van der Waals surface area contributed by atoms with Gasteiger partial charge in [-0.05, 0) is 108 Å². The van der Waals surface area contributed by atoms with E-state index in [4.69, 9.17) is 9.72 Å². The smallest absolute Gasteiger partial charge is 0.312 e. The molecule has 1 unspecified atom stereocenters. The minimum atomic E-state index is -0.296. The Labute approximate surface area is 290 Å². The topological polar surface area (TPSA) is 39.2 Å². The van der Waals surface area contributed by atoms with E-state index in [0.717, 1.165) is 66.3 Å². The predicted octanol–water partition coefficient (Wildman–Crippen LogP) is 10.2. The molecule has 3 aliphatic heterocycles. The maximum Gasteiger partial charge on any atom is 0.312 e. The molecule has 4 aromatic carbocycles. The number of esters is 1. The van der Waals surface area contributed by atoms with Crippen molar-refractivity contribution in [2.45, 2.75) is 83.4 Å². The summed E-state index contributed by atoms with van der Waals surface area (Å²) in [5.74, 6) is 3.60. The van der Waals surface area contributed by atoms with E-state index < -0.39 is 0 Å². The molecule has 5 atom stereocenters. The number of hydrogen-bond donors (Lipinski definition) is 0. The summed E-state index contributed by atoms with van der Waals surface area (Å²) in [6.45, 7) is 5.64. The van der Waals surface area contributed by atoms with Crippen molar-refractivity contribution in [3.05, 3.63) is 102 Å². The van der Waals surface area contributed by atoms with Gasteiger partial charge in [0.25, 0.3) is 0 Å². The highest BCUT2D eigenvalue weighted by Crippen LogP contribution is 2.61. The van der Waals surface area contributed by atoms with E-state index in [9.17, 15) is 4.79 Å². The summed E-state index contributed by atoms with van der Waals surface area (Å²) in [5, 5.41) is 6.50. The molecule has 0 N–H and O–H groups in total. The number of hydrogen-bond acceptors (Lipinski definition) is 3. The SMILES string of the molecule is CC[C@H]1C[N+]2(Cc3c4ccccc4cc4ccccc34)CC[C@H]1C[C@@H]2[C@@H](OC(=O)C12CC3CC(CC(C3)C1)C2)c1ccnc2ccccc12. The number of piperidine rings is 3. The Kier molecular flexibility index (Phi) is 6.99. The van der Waals surface area contributed by atoms with Crippen molar-refractivity contribution < 1.29 is 14.0 Å². The molecule has 0 spiro atoms. The Balaban J connectivity index is 1.13. The first-order valence-corrected chi connectivity index (χ1v) is 19.3. The summed E-state index contributed by atoms with van der Waals surface area (Å²) in [4.78, 5) is 19.7. The Hall–Kier alpha value is -3.76. The molecule has 5 aromatic rings. The van der Waals surface area contributed by atoms with Gasteiger partial charge < -0.3 is 9.22 Å². The summed E-state index contributed by atoms with van der Waals surface area (Å²) in [5.41, 5.74) is 3.32. The van der Waals surface area contributed by atoms with Gasteiger partial charge in [-0.15, -0.1) is 0 Å². The summed E-state index contributed by atoms with van der Waals surface area (Å²) < 4.78 is 8.23. The molecule has 3 saturated heterocycles. The fraction of sp³-hybridized carbons (Fsp3) is 0.467. The van der Waals surface area contributed by atoms with Gasteiger partial charge in [-0.3, -0.25) is 9.78 Å². The molecule has 7 aliphatic rings. The standard InChI is InChI=1S/C45H49N2O2/c1-2-32-27-47(28-40-36-11-5-3-9-34(36)22-35-10-4-6-12-37(35)40)18-16-33(32)23-42(47)43(39-15-17-46-41-14-8-7-13-38(39)41)49-44(48)45-24-29-19-30(25-45)21-31(20-29)26-45/h3-15,17,22,29-33,42-43H,2,16,18-21,23-28H2,1H3/q+1/t29?,30?,31?,32-,33-,42+,43-,45?,47?/m0/s1. The summed E-state index contributed by atoms with van der Waals surface area (Å²) in [6.07, 6.45) is 12.3. The van der Waals surface area contributed by atoms with Crippen LogP contribution in [0, 0.1) is 35.0 Å². The predicted molar refractivity (Wildman–Crippen MR) is 197 cm³/mol. The highest BCUT2D eigenvalue weighted by atomic mass is 16.5. The molecule has 0 radical (unpaired) electrons. The normalized spacial score (nSPS) is 33.7. The van der Waals surface area contributed by atoms with Gasteiger partial charge in [0.2, 0.25) is 0 Å². The molecular weight excluding hydrogens is 601 g/mol. The highest BCUT2D eigenvalue weighted by Gasteiger charge is 2.59. The summed E-state index contributed by atoms with van der Waals surface area (Å²) in [6, 6.07) is 31.2. The second-order valence-electron chi connectivity index (χ2n) is 17.0. The number of rotatable bonds is 7. The third-order valence-corrected chi connectivity index (χ3v) is 14.4. The Morgan fingerprint density at radius 2 is 1.47 bits per heavy atom. The third kappa shape index (κ3) is 4.80. The van der Waals surface area contributed by atoms with E-state index in [-0.39, 0.29) is 23.5 Å². The van der Waals surface area contributed by atoms with E-state index in [1.807, 2.05) is 6.20 Å². The molecule has 4 heterocycles. The summed E-state index contributed by atoms with van der Waals surface area (Å²) >= 11 is 0. The molecule has 49 heavy (non-hydrogen) atoms. The number of carbonyl (C=O) groups is 1. The monoisotopic (exact) mass is 649 g/mol. The zero-order chi connectivity index (χ0) is 32.7. The molecule has 6 bridgehead atoms. The average molecular weight is 650 g/mol. The summed E-state index contributed by atoms with van der Waals surface area (Å²) in [7, 11) is 0. The van der Waals surface area contributed by atoms with Crippen molar-refractivity contribution >= 4 is 38.4 Å². The van der Waals surface area contributed by atoms with Crippen LogP contribution in [0.2, 0.25) is 0 Å². The van der Waals surface area contributed by atoms with Gasteiger partial charge in [0, 0.05) is 41.5 Å². The van der Waals surface area contributed by atoms with Gasteiger partial charge in [-0.2, -0.15) is 0 Å². The first-order chi connectivity index (χ1) is 24.0. The number of fused-ring (bicyclic) bond motifs is 6. The molecule has 0 amide bonds. The van der Waals surface area contributed by atoms with Gasteiger partial charge >= 0.3 is 5.97 Å². The lowest BCUT2D eigenvalue weighted by Gasteiger charge is -2.59. The van der Waals surface area contributed by atoms with Crippen LogP contribution >= 0.6 is 0 Å². The second kappa shape index (κ2) is 11.4. The van der Waals surface area contributed by atoms with Crippen LogP contribution in [0.3, 0.4) is 0 Å². The molecular formula is C45H49N2O2+. The van der Waals surface area contributed by atoms with Gasteiger partial charge in [0.1, 0.15) is 12.6 Å². The lowest BCUT2D eigenvalue weighted by Crippen LogP contribution is -2.68. The van der Waals surface area contributed by atoms with Crippen molar-refractivity contribution in [2.24, 2.45) is 35.0 Å². The first-order valence-electron chi connectivity index (χ1n) is 19.3. The maximum absolute atomic E-state index is 15.0. The van der Waals surface area contributed by atoms with Crippen LogP contribution in [0.1, 0.15) is 81.9 Å². The van der Waals surface area contributed by atoms with Crippen molar-refractivity contribution in [1.29, 1.82) is 0 Å². The van der Waals surface area contributed by atoms with Crippen LogP contribution in [-0.4, -0.2) is 34.6 Å². The molecule has 1 aromatic heterocycles. The van der Waals surface area contributed by atoms with Gasteiger partial charge in [0.15, 0.2) is 6.10 Å². The lowest BCUT2D eigenvalue weighted by atomic mass is 9.49. The van der Waals surface area contributed by atoms with Crippen LogP contribution in [0.25, 0.3) is 32.4 Å². The number of quaternary nitrogens is 1. The molecule has 12 rings (SSSR count). The number of benzene rings is 4. The minimum absolute atomic E-state index is 0.112. The van der Waals surface area contributed by atoms with Crippen LogP contribution in [0.5, 0.6) is 0 Å². The quantitative estimate of drug-likeness (QED) is 0.100. The zero-order valence-electron chi connectivity index (χ0n) is 28.9. The first kappa shape index (κ1) is 30.1. The minimum Gasteiger partial charge on any atom is -0.451 e. The van der Waals surface area contributed by atoms with E-state index in [2.05, 4.69) is 91.9 Å². The van der Waals surface area contributed by atoms with Gasteiger partial charge in [0.05, 0.1) is 24.0 Å². The Morgan fingerprint density at radius 3 is 2.14 bits per heavy atom. The van der Waals surface area contributed by atoms with E-state index in [0.29, 0.717) is 29.6 Å². The number of aromatic nitrogens is 1. The van der Waals surface area contributed by atoms with Gasteiger partial charge in [-0.1, -0.05) is 73.7 Å². The number of pyridine rings is 1. The number of nitrogens with zero attached hydrogens (tertiary/aromatic N) is 2. The molecule has 4 heteroatoms. The maximum atomic E-state index is 15.0. The highest BCUT2D eigenvalue weighted by molar-refractivity contribution is 6.02. The number of ether oxygens (including phenoxy) is 1. The van der Waals surface area contributed by atoms with Crippen molar-refractivity contribution in [1.82, 2.24) is 4.98 Å². The largest absolute Gasteiger partial charge is 0.451 e. The van der Waals surface area contributed by atoms with Gasteiger partial charge in [-0.25, -0.2) is 0 Å². The molecule has 4 aliphatic carbocycles. The molecule has 4 nitrogen and oxygen atoms in total. The lowest BCUT2D eigenvalue weighted by molar-refractivity contribution is -0.985. The molecule has 250 valence electrons. The average Bonchev–Trinajstić information content (AvgIpc) is 3.13. The zero-order valence-corrected chi connectivity index (χ0v) is 28.9. The van der Waals surface area contributed by atoms with Crippen LogP contribution in [-0.2, 0) is 16.1 Å². The van der Waals surface area contributed by atoms with Crippen molar-refractivity contribution in [3.63, 3.8) is 0 Å². The van der Waals surface area contributed by atoms with Crippen LogP contribution < -0.4 is 0 Å². The van der Waals surface area contributed by atoms with E-state index >= 15 is 0 Å². The number of carbonyl (C=O) groups excluding carboxylic acids is 1. The van der Waals surface area contributed by atoms with Crippen molar-refractivity contribution in [2.75, 3.05) is 13.1 Å². The number of para-hydroxylation sites is 1.